The highest BCUT2D eigenvalue weighted by molar-refractivity contribution is 6.13. The monoisotopic (exact) mass is 1140 g/mol. The molecule has 4 heterocycles. The first-order valence-corrected chi connectivity index (χ1v) is 29.0. The van der Waals surface area contributed by atoms with Crippen LogP contribution >= 0.6 is 0 Å². The second kappa shape index (κ2) is 23.7. The largest absolute Gasteiger partial charge is 0.444 e. The lowest BCUT2D eigenvalue weighted by molar-refractivity contribution is -0.145. The number of carbonyl (C=O) groups is 6. The van der Waals surface area contributed by atoms with Gasteiger partial charge in [0.1, 0.15) is 28.1 Å². The third kappa shape index (κ3) is 13.4. The zero-order valence-electron chi connectivity index (χ0n) is 50.7. The predicted octanol–water partition coefficient (Wildman–Crippen LogP) is 12.6. The van der Waals surface area contributed by atoms with Gasteiger partial charge in [0.05, 0.1) is 22.6 Å². The summed E-state index contributed by atoms with van der Waals surface area (Å²) in [6.45, 7) is 24.1. The maximum atomic E-state index is 16.8. The molecule has 2 fully saturated rings. The van der Waals surface area contributed by atoms with E-state index in [1.54, 1.807) is 51.3 Å². The third-order valence-corrected chi connectivity index (χ3v) is 14.9. The van der Waals surface area contributed by atoms with E-state index in [9.17, 15) is 9.59 Å². The van der Waals surface area contributed by atoms with Crippen LogP contribution in [0.2, 0.25) is 0 Å². The zero-order chi connectivity index (χ0) is 60.5. The standard InChI is InChI=1S/C67H80N6O11/c1-63(2,3)81-59(76)70-38-34-68(35-39-70)52-32-22-30-48-50(42-45-24-16-13-17-25-45)56(72(54(48)52)61(78)83-65(7,8)9)57(74)80-58(75)67(44-47-28-20-15-21-29-47)51(43-46-26-18-14-19-27-46)49-31-23-33-53(55(49)73(67)62(79)84-66(10,11)12)69-36-40-71(41-37-69)60(77)82-64(4,5)6/h13-33,51H,34-44H2,1-12H3. The number of para-hydroxylation sites is 2. The van der Waals surface area contributed by atoms with Gasteiger partial charge in [-0.15, -0.1) is 0 Å². The fourth-order valence-corrected chi connectivity index (χ4v) is 11.5. The van der Waals surface area contributed by atoms with Crippen molar-refractivity contribution >= 4 is 64.3 Å². The van der Waals surface area contributed by atoms with Crippen LogP contribution in [-0.4, -0.2) is 131 Å². The summed E-state index contributed by atoms with van der Waals surface area (Å²) in [5, 5.41) is 0.539. The van der Waals surface area contributed by atoms with Crippen LogP contribution in [0.25, 0.3) is 10.9 Å². The average Bonchev–Trinajstić information content (AvgIpc) is 1.59. The minimum absolute atomic E-state index is 0.132. The van der Waals surface area contributed by atoms with E-state index in [4.69, 9.17) is 23.7 Å². The number of nitrogens with zero attached hydrogens (tertiary/aromatic N) is 6. The molecule has 0 saturated carbocycles. The number of fused-ring (bicyclic) bond motifs is 2. The smallest absolute Gasteiger partial charge is 0.419 e. The number of hydrogen-bond donors (Lipinski definition) is 0. The number of benzene rings is 5. The molecule has 17 heteroatoms. The molecule has 0 aliphatic carbocycles. The highest BCUT2D eigenvalue weighted by Gasteiger charge is 2.62. The third-order valence-electron chi connectivity index (χ3n) is 14.9. The molecule has 2 atom stereocenters. The molecule has 1 aromatic heterocycles. The topological polar surface area (TPSA) is 170 Å². The maximum Gasteiger partial charge on any atom is 0.419 e. The molecule has 5 aromatic carbocycles. The summed E-state index contributed by atoms with van der Waals surface area (Å²) in [5.74, 6) is -3.07. The summed E-state index contributed by atoms with van der Waals surface area (Å²) in [5.41, 5.74) is -0.463. The van der Waals surface area contributed by atoms with Crippen LogP contribution in [-0.2, 0) is 47.7 Å². The Kier molecular flexibility index (Phi) is 17.0. The number of anilines is 3. The summed E-state index contributed by atoms with van der Waals surface area (Å²) >= 11 is 0. The van der Waals surface area contributed by atoms with E-state index >= 15 is 19.2 Å². The van der Waals surface area contributed by atoms with E-state index in [0.29, 0.717) is 97.0 Å². The Bertz CT molecular complexity index is 3390. The Labute approximate surface area is 493 Å². The van der Waals surface area contributed by atoms with Gasteiger partial charge in [-0.2, -0.15) is 0 Å². The van der Waals surface area contributed by atoms with Crippen LogP contribution in [0, 0.1) is 0 Å². The van der Waals surface area contributed by atoms with Crippen LogP contribution in [0.4, 0.5) is 36.2 Å². The molecule has 444 valence electrons. The summed E-state index contributed by atoms with van der Waals surface area (Å²) in [6.07, 6.45) is -2.38. The number of aromatic nitrogens is 1. The van der Waals surface area contributed by atoms with Crippen LogP contribution in [0.15, 0.2) is 127 Å². The van der Waals surface area contributed by atoms with Gasteiger partial charge in [-0.1, -0.05) is 115 Å². The van der Waals surface area contributed by atoms with Gasteiger partial charge in [0.2, 0.25) is 0 Å². The number of hydrogen-bond acceptors (Lipinski definition) is 13. The number of carbonyl (C=O) groups excluding carboxylic acids is 6. The molecule has 3 aliphatic rings. The number of ether oxygens (including phenoxy) is 5. The Morgan fingerprint density at radius 2 is 0.917 bits per heavy atom. The maximum absolute atomic E-state index is 16.8. The number of amides is 3. The van der Waals surface area contributed by atoms with Crippen molar-refractivity contribution in [3.63, 3.8) is 0 Å². The second-order valence-electron chi connectivity index (χ2n) is 25.9. The minimum atomic E-state index is -2.05. The van der Waals surface area contributed by atoms with Crippen molar-refractivity contribution in [2.75, 3.05) is 67.1 Å². The van der Waals surface area contributed by atoms with Gasteiger partial charge in [-0.05, 0) is 129 Å². The van der Waals surface area contributed by atoms with Crippen molar-refractivity contribution in [3.05, 3.63) is 161 Å². The Morgan fingerprint density at radius 1 is 0.476 bits per heavy atom. The fourth-order valence-electron chi connectivity index (χ4n) is 11.5. The normalized spacial score (nSPS) is 17.6. The SMILES string of the molecule is CC(C)(C)OC(=O)N1CCN(c2cccc3c2N(C(=O)OC(C)(C)C)C(Cc2ccccc2)(C(=O)OC(=O)c2c(Cc4ccccc4)c4cccc(N5CCN(C(=O)OC(C)(C)C)CC5)c4n2C(=O)OC(C)(C)C)C3Cc2ccccc2)CC1. The molecule has 0 spiro atoms. The molecule has 2 unspecified atom stereocenters. The van der Waals surface area contributed by atoms with Crippen LogP contribution < -0.4 is 14.7 Å². The summed E-state index contributed by atoms with van der Waals surface area (Å²) in [7, 11) is 0. The molecule has 3 amide bonds. The van der Waals surface area contributed by atoms with E-state index in [-0.39, 0.29) is 25.0 Å². The highest BCUT2D eigenvalue weighted by atomic mass is 16.6. The zero-order valence-corrected chi connectivity index (χ0v) is 50.7. The molecule has 84 heavy (non-hydrogen) atoms. The van der Waals surface area contributed by atoms with Crippen molar-refractivity contribution in [3.8, 4) is 0 Å². The quantitative estimate of drug-likeness (QED) is 0.0722. The molecule has 3 aliphatic heterocycles. The molecular weight excluding hydrogens is 1060 g/mol. The van der Waals surface area contributed by atoms with Gasteiger partial charge in [-0.3, -0.25) is 4.90 Å². The minimum Gasteiger partial charge on any atom is -0.444 e. The van der Waals surface area contributed by atoms with Crippen molar-refractivity contribution in [1.82, 2.24) is 14.4 Å². The van der Waals surface area contributed by atoms with E-state index in [1.165, 1.54) is 9.47 Å². The molecule has 2 saturated heterocycles. The molecular formula is C67H80N6O11. The van der Waals surface area contributed by atoms with Gasteiger partial charge in [-0.25, -0.2) is 33.3 Å². The van der Waals surface area contributed by atoms with Gasteiger partial charge < -0.3 is 43.3 Å². The molecule has 9 rings (SSSR count). The average molecular weight is 1150 g/mol. The lowest BCUT2D eigenvalue weighted by Gasteiger charge is -2.42. The lowest BCUT2D eigenvalue weighted by atomic mass is 9.74. The Morgan fingerprint density at radius 3 is 1.43 bits per heavy atom. The van der Waals surface area contributed by atoms with Crippen molar-refractivity contribution in [2.45, 2.75) is 136 Å². The second-order valence-corrected chi connectivity index (χ2v) is 25.9. The first-order chi connectivity index (χ1) is 39.6. The number of piperazine rings is 2. The first kappa shape index (κ1) is 60.3. The number of esters is 2. The molecule has 6 aromatic rings. The van der Waals surface area contributed by atoms with Crippen LogP contribution in [0.5, 0.6) is 0 Å². The first-order valence-electron chi connectivity index (χ1n) is 29.0. The van der Waals surface area contributed by atoms with Gasteiger partial charge >= 0.3 is 36.3 Å². The van der Waals surface area contributed by atoms with Crippen molar-refractivity contribution < 1.29 is 52.5 Å². The van der Waals surface area contributed by atoms with E-state index in [1.807, 2.05) is 169 Å². The fraction of sp³-hybridized carbons (Fsp3) is 0.433. The summed E-state index contributed by atoms with van der Waals surface area (Å²) < 4.78 is 31.9. The van der Waals surface area contributed by atoms with Gasteiger partial charge in [0.25, 0.3) is 0 Å². The van der Waals surface area contributed by atoms with Gasteiger partial charge in [0.15, 0.2) is 5.54 Å². The molecule has 0 radical (unpaired) electrons. The van der Waals surface area contributed by atoms with Crippen LogP contribution in [0.3, 0.4) is 0 Å². The predicted molar refractivity (Wildman–Crippen MR) is 324 cm³/mol. The van der Waals surface area contributed by atoms with Crippen LogP contribution in [0.1, 0.15) is 127 Å². The van der Waals surface area contributed by atoms with Gasteiger partial charge in [0, 0.05) is 76.5 Å². The molecule has 17 nitrogen and oxygen atoms in total. The summed E-state index contributed by atoms with van der Waals surface area (Å²) in [4.78, 5) is 99.6. The van der Waals surface area contributed by atoms with Crippen molar-refractivity contribution in [1.29, 1.82) is 0 Å². The van der Waals surface area contributed by atoms with E-state index < -0.39 is 70.2 Å². The Balaban J connectivity index is 1.24. The lowest BCUT2D eigenvalue weighted by Crippen LogP contribution is -2.61. The number of rotatable bonds is 10. The molecule has 0 bridgehead atoms. The van der Waals surface area contributed by atoms with E-state index in [2.05, 4.69) is 9.80 Å². The highest BCUT2D eigenvalue weighted by Crippen LogP contribution is 2.56. The molecule has 0 N–H and O–H groups in total. The Hall–Kier alpha value is -8.34. The van der Waals surface area contributed by atoms with Crippen molar-refractivity contribution in [2.24, 2.45) is 0 Å². The van der Waals surface area contributed by atoms with E-state index in [0.717, 1.165) is 11.1 Å². The summed E-state index contributed by atoms with van der Waals surface area (Å²) in [6, 6.07) is 39.8.